The standard InChI is InChI=1S/C15H10ClF4NO3S2/c16-9-4-3-8(15(18,19)20)7(12(9)17)6-10-13(24)21(14(25)26-10)5-1-2-11(22)23/h3-4,6H,1-2,5H2,(H,22,23). The molecule has 1 fully saturated rings. The number of hydrogen-bond donors (Lipinski definition) is 1. The first-order valence-corrected chi connectivity index (χ1v) is 8.65. The van der Waals surface area contributed by atoms with Crippen LogP contribution in [0.25, 0.3) is 6.08 Å². The molecule has 1 heterocycles. The van der Waals surface area contributed by atoms with Crippen LogP contribution in [0.2, 0.25) is 5.02 Å². The van der Waals surface area contributed by atoms with Gasteiger partial charge in [0.25, 0.3) is 5.91 Å². The average molecular weight is 428 g/mol. The minimum atomic E-state index is -4.84. The van der Waals surface area contributed by atoms with Gasteiger partial charge in [0.05, 0.1) is 15.5 Å². The van der Waals surface area contributed by atoms with E-state index in [1.54, 1.807) is 0 Å². The van der Waals surface area contributed by atoms with E-state index in [1.165, 1.54) is 0 Å². The van der Waals surface area contributed by atoms with Crippen molar-refractivity contribution < 1.29 is 32.3 Å². The molecule has 0 atom stereocenters. The van der Waals surface area contributed by atoms with Crippen molar-refractivity contribution in [1.82, 2.24) is 4.90 Å². The molecule has 0 bridgehead atoms. The van der Waals surface area contributed by atoms with Crippen molar-refractivity contribution in [3.05, 3.63) is 39.0 Å². The number of thioether (sulfide) groups is 1. The Labute approximate surface area is 159 Å². The summed E-state index contributed by atoms with van der Waals surface area (Å²) >= 11 is 11.3. The molecule has 0 aliphatic carbocycles. The Morgan fingerprint density at radius 3 is 2.62 bits per heavy atom. The summed E-state index contributed by atoms with van der Waals surface area (Å²) in [6.07, 6.45) is -4.15. The number of carbonyl (C=O) groups excluding carboxylic acids is 1. The third kappa shape index (κ3) is 4.54. The van der Waals surface area contributed by atoms with Crippen LogP contribution in [0, 0.1) is 5.82 Å². The first-order chi connectivity index (χ1) is 12.0. The molecule has 4 nitrogen and oxygen atoms in total. The second-order valence-corrected chi connectivity index (χ2v) is 7.23. The minimum Gasteiger partial charge on any atom is -0.481 e. The zero-order valence-corrected chi connectivity index (χ0v) is 15.2. The second-order valence-electron chi connectivity index (χ2n) is 5.15. The van der Waals surface area contributed by atoms with E-state index < -0.39 is 40.0 Å². The fraction of sp³-hybridized carbons (Fsp3) is 0.267. The topological polar surface area (TPSA) is 57.6 Å². The molecule has 0 saturated carbocycles. The molecule has 26 heavy (non-hydrogen) atoms. The van der Waals surface area contributed by atoms with Crippen molar-refractivity contribution in [3.63, 3.8) is 0 Å². The summed E-state index contributed by atoms with van der Waals surface area (Å²) in [4.78, 5) is 23.7. The van der Waals surface area contributed by atoms with E-state index in [2.05, 4.69) is 0 Å². The van der Waals surface area contributed by atoms with Gasteiger partial charge in [-0.05, 0) is 24.6 Å². The third-order valence-corrected chi connectivity index (χ3v) is 5.03. The lowest BCUT2D eigenvalue weighted by molar-refractivity contribution is -0.138. The van der Waals surface area contributed by atoms with Crippen LogP contribution >= 0.6 is 35.6 Å². The number of amides is 1. The number of aliphatic carboxylic acids is 1. The van der Waals surface area contributed by atoms with Crippen molar-refractivity contribution in [2.24, 2.45) is 0 Å². The maximum absolute atomic E-state index is 14.1. The molecular weight excluding hydrogens is 418 g/mol. The highest BCUT2D eigenvalue weighted by Crippen LogP contribution is 2.39. The number of benzene rings is 1. The zero-order chi connectivity index (χ0) is 19.6. The summed E-state index contributed by atoms with van der Waals surface area (Å²) < 4.78 is 53.5. The van der Waals surface area contributed by atoms with Crippen molar-refractivity contribution in [2.45, 2.75) is 19.0 Å². The highest BCUT2D eigenvalue weighted by atomic mass is 35.5. The molecule has 140 valence electrons. The number of alkyl halides is 3. The van der Waals surface area contributed by atoms with Gasteiger partial charge in [0, 0.05) is 18.5 Å². The van der Waals surface area contributed by atoms with Crippen LogP contribution in [0.15, 0.2) is 17.0 Å². The number of nitrogens with zero attached hydrogens (tertiary/aromatic N) is 1. The molecular formula is C15H10ClF4NO3S2. The second kappa shape index (κ2) is 7.93. The quantitative estimate of drug-likeness (QED) is 0.424. The number of thiocarbonyl (C=S) groups is 1. The number of hydrogen-bond acceptors (Lipinski definition) is 4. The van der Waals surface area contributed by atoms with E-state index in [9.17, 15) is 27.2 Å². The summed E-state index contributed by atoms with van der Waals surface area (Å²) in [6.45, 7) is -0.00153. The third-order valence-electron chi connectivity index (χ3n) is 3.36. The van der Waals surface area contributed by atoms with Gasteiger partial charge in [-0.1, -0.05) is 35.6 Å². The first kappa shape index (κ1) is 20.7. The van der Waals surface area contributed by atoms with E-state index >= 15 is 0 Å². The lowest BCUT2D eigenvalue weighted by atomic mass is 10.1. The Hall–Kier alpha value is -1.65. The predicted molar refractivity (Wildman–Crippen MR) is 93.2 cm³/mol. The number of carbonyl (C=O) groups is 2. The lowest BCUT2D eigenvalue weighted by Crippen LogP contribution is -2.29. The minimum absolute atomic E-state index is 0.00153. The molecule has 1 aromatic rings. The van der Waals surface area contributed by atoms with Gasteiger partial charge in [0.15, 0.2) is 0 Å². The van der Waals surface area contributed by atoms with Crippen molar-refractivity contribution >= 4 is 57.9 Å². The van der Waals surface area contributed by atoms with Crippen LogP contribution in [0.4, 0.5) is 17.6 Å². The van der Waals surface area contributed by atoms with Crippen LogP contribution in [0.3, 0.4) is 0 Å². The molecule has 1 N–H and O–H groups in total. The first-order valence-electron chi connectivity index (χ1n) is 7.04. The maximum atomic E-state index is 14.1. The monoisotopic (exact) mass is 427 g/mol. The molecule has 11 heteroatoms. The van der Waals surface area contributed by atoms with Gasteiger partial charge < -0.3 is 5.11 Å². The Morgan fingerprint density at radius 1 is 1.38 bits per heavy atom. The van der Waals surface area contributed by atoms with Gasteiger partial charge in [-0.15, -0.1) is 0 Å². The van der Waals surface area contributed by atoms with E-state index in [0.29, 0.717) is 17.8 Å². The Morgan fingerprint density at radius 2 is 2.04 bits per heavy atom. The number of halogens is 5. The summed E-state index contributed by atoms with van der Waals surface area (Å²) in [5.41, 5.74) is -2.12. The van der Waals surface area contributed by atoms with Crippen molar-refractivity contribution in [3.8, 4) is 0 Å². The number of carboxylic acid groups (broad SMARTS) is 1. The van der Waals surface area contributed by atoms with Gasteiger partial charge in [-0.3, -0.25) is 14.5 Å². The largest absolute Gasteiger partial charge is 0.481 e. The highest BCUT2D eigenvalue weighted by molar-refractivity contribution is 8.26. The molecule has 0 aromatic heterocycles. The summed E-state index contributed by atoms with van der Waals surface area (Å²) in [7, 11) is 0. The van der Waals surface area contributed by atoms with E-state index in [1.807, 2.05) is 0 Å². The van der Waals surface area contributed by atoms with E-state index in [4.69, 9.17) is 28.9 Å². The van der Waals surface area contributed by atoms with Crippen LogP contribution in [-0.4, -0.2) is 32.7 Å². The zero-order valence-electron chi connectivity index (χ0n) is 12.8. The maximum Gasteiger partial charge on any atom is 0.417 e. The van der Waals surface area contributed by atoms with Crippen molar-refractivity contribution in [2.75, 3.05) is 6.54 Å². The Kier molecular flexibility index (Phi) is 6.30. The Balaban J connectivity index is 2.36. The van der Waals surface area contributed by atoms with Gasteiger partial charge in [0.2, 0.25) is 0 Å². The van der Waals surface area contributed by atoms with E-state index in [-0.39, 0.29) is 28.6 Å². The summed E-state index contributed by atoms with van der Waals surface area (Å²) in [6, 6.07) is 1.42. The van der Waals surface area contributed by atoms with Gasteiger partial charge in [-0.25, -0.2) is 4.39 Å². The number of carboxylic acids is 1. The van der Waals surface area contributed by atoms with Gasteiger partial charge in [0.1, 0.15) is 10.1 Å². The summed E-state index contributed by atoms with van der Waals surface area (Å²) in [5, 5.41) is 8.10. The number of rotatable bonds is 5. The molecule has 2 rings (SSSR count). The fourth-order valence-corrected chi connectivity index (χ4v) is 3.62. The van der Waals surface area contributed by atoms with Gasteiger partial charge >= 0.3 is 12.1 Å². The van der Waals surface area contributed by atoms with Crippen molar-refractivity contribution in [1.29, 1.82) is 0 Å². The van der Waals surface area contributed by atoms with Crippen LogP contribution in [0.1, 0.15) is 24.0 Å². The fourth-order valence-electron chi connectivity index (χ4n) is 2.17. The molecule has 1 aliphatic rings. The smallest absolute Gasteiger partial charge is 0.417 e. The normalized spacial score (nSPS) is 16.7. The molecule has 1 aromatic carbocycles. The van der Waals surface area contributed by atoms with Crippen LogP contribution in [-0.2, 0) is 15.8 Å². The molecule has 0 radical (unpaired) electrons. The molecule has 0 spiro atoms. The summed E-state index contributed by atoms with van der Waals surface area (Å²) in [5.74, 6) is -3.06. The Bertz CT molecular complexity index is 811. The molecule has 1 aliphatic heterocycles. The average Bonchev–Trinajstić information content (AvgIpc) is 2.78. The van der Waals surface area contributed by atoms with E-state index in [0.717, 1.165) is 17.0 Å². The lowest BCUT2D eigenvalue weighted by Gasteiger charge is -2.14. The molecule has 1 amide bonds. The van der Waals surface area contributed by atoms with Crippen LogP contribution in [0.5, 0.6) is 0 Å². The SMILES string of the molecule is O=C(O)CCCN1C(=O)C(=Cc2c(C(F)(F)F)ccc(Cl)c2F)SC1=S. The predicted octanol–water partition coefficient (Wildman–Crippen LogP) is 4.56. The highest BCUT2D eigenvalue weighted by Gasteiger charge is 2.37. The molecule has 1 saturated heterocycles. The van der Waals surface area contributed by atoms with Gasteiger partial charge in [-0.2, -0.15) is 13.2 Å². The van der Waals surface area contributed by atoms with Crippen LogP contribution < -0.4 is 0 Å². The molecule has 0 unspecified atom stereocenters.